The van der Waals surface area contributed by atoms with E-state index in [0.717, 1.165) is 42.3 Å². The van der Waals surface area contributed by atoms with Crippen LogP contribution in [-0.2, 0) is 0 Å². The average Bonchev–Trinajstić information content (AvgIpc) is 2.86. The van der Waals surface area contributed by atoms with Gasteiger partial charge in [0, 0.05) is 35.7 Å². The molecule has 0 bridgehead atoms. The largest absolute Gasteiger partial charge is 0.379 e. The molecule has 1 saturated heterocycles. The first-order chi connectivity index (χ1) is 16.9. The summed E-state index contributed by atoms with van der Waals surface area (Å²) in [6, 6.07) is 16.7. The van der Waals surface area contributed by atoms with Crippen molar-refractivity contribution in [1.82, 2.24) is 15.2 Å². The van der Waals surface area contributed by atoms with E-state index in [1.165, 1.54) is 0 Å². The van der Waals surface area contributed by atoms with Crippen LogP contribution in [0.1, 0.15) is 33.7 Å². The molecule has 8 heteroatoms. The quantitative estimate of drug-likeness (QED) is 0.457. The highest BCUT2D eigenvalue weighted by atomic mass is 16.2. The van der Waals surface area contributed by atoms with Gasteiger partial charge in [0.05, 0.1) is 23.0 Å². The van der Waals surface area contributed by atoms with E-state index in [9.17, 15) is 9.59 Å². The smallest absolute Gasteiger partial charge is 0.270 e. The average molecular weight is 469 g/mol. The van der Waals surface area contributed by atoms with E-state index in [4.69, 9.17) is 11.0 Å². The molecular formula is C27H28N6O2. The summed E-state index contributed by atoms with van der Waals surface area (Å²) in [5.41, 5.74) is 8.56. The maximum Gasteiger partial charge on any atom is 0.270 e. The Balaban J connectivity index is 1.67. The summed E-state index contributed by atoms with van der Waals surface area (Å²) in [6.07, 6.45) is 2.01. The van der Waals surface area contributed by atoms with Crippen LogP contribution in [0.25, 0.3) is 22.0 Å². The SMILES string of the molecule is C=C(C#N)CNc1c(C(N)=O)ccc2ccc(-c3cccc(C(=O)NC4CCCN(C)C4)n3)cc12. The minimum atomic E-state index is -0.576. The summed E-state index contributed by atoms with van der Waals surface area (Å²) in [4.78, 5) is 31.8. The molecule has 0 aliphatic carbocycles. The number of piperidine rings is 1. The Morgan fingerprint density at radius 1 is 1.26 bits per heavy atom. The van der Waals surface area contributed by atoms with Gasteiger partial charge >= 0.3 is 0 Å². The van der Waals surface area contributed by atoms with Gasteiger partial charge in [0.1, 0.15) is 5.69 Å². The number of likely N-dealkylation sites (tertiary alicyclic amines) is 1. The fraction of sp³-hybridized carbons (Fsp3) is 0.259. The standard InChI is InChI=1S/C27H28N6O2/c1-17(14-28)15-30-25-21(26(29)34)11-10-18-8-9-19(13-22(18)25)23-6-3-7-24(32-23)27(35)31-20-5-4-12-33(2)16-20/h3,6-11,13,20,30H,1,4-5,12,15-16H2,2H3,(H2,29,34)(H,31,35). The number of nitriles is 1. The number of carbonyl (C=O) groups is 2. The number of benzene rings is 2. The Labute approximate surface area is 204 Å². The predicted octanol–water partition coefficient (Wildman–Crippen LogP) is 3.32. The van der Waals surface area contributed by atoms with E-state index in [1.54, 1.807) is 12.1 Å². The molecule has 4 N–H and O–H groups in total. The molecule has 3 aromatic rings. The summed E-state index contributed by atoms with van der Waals surface area (Å²) in [5.74, 6) is -0.770. The second kappa shape index (κ2) is 10.4. The lowest BCUT2D eigenvalue weighted by Gasteiger charge is -2.30. The van der Waals surface area contributed by atoms with E-state index in [0.29, 0.717) is 28.2 Å². The molecule has 178 valence electrons. The van der Waals surface area contributed by atoms with Crippen LogP contribution in [0.5, 0.6) is 0 Å². The minimum absolute atomic E-state index is 0.108. The third kappa shape index (κ3) is 5.48. The van der Waals surface area contributed by atoms with Crippen LogP contribution in [0.3, 0.4) is 0 Å². The van der Waals surface area contributed by atoms with E-state index in [-0.39, 0.29) is 18.5 Å². The zero-order valence-electron chi connectivity index (χ0n) is 19.7. The first-order valence-electron chi connectivity index (χ1n) is 11.5. The van der Waals surface area contributed by atoms with Gasteiger partial charge in [0.15, 0.2) is 0 Å². The van der Waals surface area contributed by atoms with Gasteiger partial charge in [-0.2, -0.15) is 5.26 Å². The third-order valence-corrected chi connectivity index (χ3v) is 6.16. The number of hydrogen-bond acceptors (Lipinski definition) is 6. The number of likely N-dealkylation sites (N-methyl/N-ethyl adjacent to an activating group) is 1. The third-order valence-electron chi connectivity index (χ3n) is 6.16. The van der Waals surface area contributed by atoms with Crippen molar-refractivity contribution in [2.75, 3.05) is 32.0 Å². The minimum Gasteiger partial charge on any atom is -0.379 e. The highest BCUT2D eigenvalue weighted by Crippen LogP contribution is 2.31. The number of anilines is 1. The maximum atomic E-state index is 12.9. The summed E-state index contributed by atoms with van der Waals surface area (Å²) in [5, 5.41) is 16.9. The lowest BCUT2D eigenvalue weighted by Crippen LogP contribution is -2.46. The van der Waals surface area contributed by atoms with Crippen molar-refractivity contribution in [3.63, 3.8) is 0 Å². The normalized spacial score (nSPS) is 15.8. The van der Waals surface area contributed by atoms with E-state index >= 15 is 0 Å². The van der Waals surface area contributed by atoms with Crippen molar-refractivity contribution in [3.8, 4) is 17.3 Å². The van der Waals surface area contributed by atoms with Crippen LogP contribution in [0.2, 0.25) is 0 Å². The molecule has 0 spiro atoms. The predicted molar refractivity (Wildman–Crippen MR) is 137 cm³/mol. The molecule has 0 radical (unpaired) electrons. The summed E-state index contributed by atoms with van der Waals surface area (Å²) in [6.45, 7) is 5.74. The number of rotatable bonds is 7. The number of hydrogen-bond donors (Lipinski definition) is 3. The molecule has 1 atom stereocenters. The van der Waals surface area contributed by atoms with Crippen molar-refractivity contribution in [2.24, 2.45) is 5.73 Å². The van der Waals surface area contributed by atoms with Crippen molar-refractivity contribution in [2.45, 2.75) is 18.9 Å². The Kier molecular flexibility index (Phi) is 7.09. The molecule has 1 unspecified atom stereocenters. The number of nitrogens with two attached hydrogens (primary N) is 1. The number of pyridine rings is 1. The molecule has 1 fully saturated rings. The van der Waals surface area contributed by atoms with Gasteiger partial charge in [0.25, 0.3) is 11.8 Å². The van der Waals surface area contributed by atoms with Crippen LogP contribution in [0, 0.1) is 11.3 Å². The fourth-order valence-electron chi connectivity index (χ4n) is 4.37. The van der Waals surface area contributed by atoms with Gasteiger partial charge in [0.2, 0.25) is 0 Å². The van der Waals surface area contributed by atoms with Crippen molar-refractivity contribution >= 4 is 28.3 Å². The molecular weight excluding hydrogens is 440 g/mol. The number of primary amides is 1. The molecule has 2 amide bonds. The van der Waals surface area contributed by atoms with Crippen LogP contribution in [0.4, 0.5) is 5.69 Å². The van der Waals surface area contributed by atoms with E-state index < -0.39 is 5.91 Å². The van der Waals surface area contributed by atoms with Crippen molar-refractivity contribution in [1.29, 1.82) is 5.26 Å². The van der Waals surface area contributed by atoms with Gasteiger partial charge in [-0.1, -0.05) is 30.8 Å². The Bertz CT molecular complexity index is 1340. The number of amides is 2. The van der Waals surface area contributed by atoms with Gasteiger partial charge in [-0.05, 0) is 56.1 Å². The van der Waals surface area contributed by atoms with Crippen LogP contribution in [-0.4, -0.2) is 54.4 Å². The topological polar surface area (TPSA) is 124 Å². The molecule has 4 rings (SSSR count). The zero-order chi connectivity index (χ0) is 24.9. The summed E-state index contributed by atoms with van der Waals surface area (Å²) in [7, 11) is 2.06. The molecule has 2 heterocycles. The van der Waals surface area contributed by atoms with Crippen molar-refractivity contribution < 1.29 is 9.59 Å². The van der Waals surface area contributed by atoms with Gasteiger partial charge in [-0.3, -0.25) is 9.59 Å². The van der Waals surface area contributed by atoms with Gasteiger partial charge in [-0.25, -0.2) is 4.98 Å². The zero-order valence-corrected chi connectivity index (χ0v) is 19.7. The Morgan fingerprint density at radius 3 is 2.80 bits per heavy atom. The summed E-state index contributed by atoms with van der Waals surface area (Å²) >= 11 is 0. The van der Waals surface area contributed by atoms with Crippen LogP contribution >= 0.6 is 0 Å². The van der Waals surface area contributed by atoms with Gasteiger partial charge in [-0.15, -0.1) is 0 Å². The number of aromatic nitrogens is 1. The number of carbonyl (C=O) groups excluding carboxylic acids is 2. The number of nitrogens with zero attached hydrogens (tertiary/aromatic N) is 3. The lowest BCUT2D eigenvalue weighted by molar-refractivity contribution is 0.0907. The molecule has 1 aromatic heterocycles. The molecule has 1 aliphatic rings. The second-order valence-electron chi connectivity index (χ2n) is 8.84. The van der Waals surface area contributed by atoms with Crippen LogP contribution < -0.4 is 16.4 Å². The van der Waals surface area contributed by atoms with Gasteiger partial charge < -0.3 is 21.3 Å². The van der Waals surface area contributed by atoms with Crippen LogP contribution in [0.15, 0.2) is 60.7 Å². The lowest BCUT2D eigenvalue weighted by atomic mass is 9.99. The monoisotopic (exact) mass is 468 g/mol. The second-order valence-corrected chi connectivity index (χ2v) is 8.84. The maximum absolute atomic E-state index is 12.9. The molecule has 1 aliphatic heterocycles. The first kappa shape index (κ1) is 23.9. The van der Waals surface area contributed by atoms with E-state index in [2.05, 4.69) is 34.1 Å². The molecule has 8 nitrogen and oxygen atoms in total. The first-order valence-corrected chi connectivity index (χ1v) is 11.5. The molecule has 0 saturated carbocycles. The highest BCUT2D eigenvalue weighted by molar-refractivity contribution is 6.08. The van der Waals surface area contributed by atoms with Crippen molar-refractivity contribution in [3.05, 3.63) is 71.9 Å². The number of nitrogens with one attached hydrogen (secondary N) is 2. The Morgan fingerprint density at radius 2 is 2.06 bits per heavy atom. The Hall–Kier alpha value is -4.22. The van der Waals surface area contributed by atoms with E-state index in [1.807, 2.05) is 42.5 Å². The fourth-order valence-corrected chi connectivity index (χ4v) is 4.37. The molecule has 2 aromatic carbocycles. The molecule has 35 heavy (non-hydrogen) atoms. The number of fused-ring (bicyclic) bond motifs is 1. The summed E-state index contributed by atoms with van der Waals surface area (Å²) < 4.78 is 0. The highest BCUT2D eigenvalue weighted by Gasteiger charge is 2.20.